The van der Waals surface area contributed by atoms with Gasteiger partial charge in [-0.2, -0.15) is 0 Å². The number of hydrogen-bond donors (Lipinski definition) is 3. The van der Waals surface area contributed by atoms with Gasteiger partial charge in [-0.1, -0.05) is 24.3 Å². The van der Waals surface area contributed by atoms with Crippen LogP contribution < -0.4 is 20.7 Å². The lowest BCUT2D eigenvalue weighted by Gasteiger charge is -2.11. The number of nitrogens with zero attached hydrogens (tertiary/aromatic N) is 1. The number of nitrogens with one attached hydrogen (secondary N) is 3. The fourth-order valence-electron chi connectivity index (χ4n) is 2.65. The van der Waals surface area contributed by atoms with Crippen LogP contribution in [0, 0.1) is 0 Å². The van der Waals surface area contributed by atoms with E-state index in [0.717, 1.165) is 36.8 Å². The Balaban J connectivity index is 1.87. The van der Waals surface area contributed by atoms with Crippen LogP contribution in [0.1, 0.15) is 35.3 Å². The van der Waals surface area contributed by atoms with E-state index in [2.05, 4.69) is 33.1 Å². The highest BCUT2D eigenvalue weighted by Crippen LogP contribution is 2.11. The summed E-state index contributed by atoms with van der Waals surface area (Å²) in [5, 5.41) is 9.41. The molecule has 2 rings (SSSR count). The zero-order chi connectivity index (χ0) is 20.2. The Morgan fingerprint density at radius 3 is 2.14 bits per heavy atom. The fourth-order valence-corrected chi connectivity index (χ4v) is 2.65. The second kappa shape index (κ2) is 11.6. The molecule has 2 aromatic rings. The van der Waals surface area contributed by atoms with E-state index in [1.807, 2.05) is 50.2 Å². The van der Waals surface area contributed by atoms with Gasteiger partial charge in [0, 0.05) is 25.2 Å². The minimum absolute atomic E-state index is 0.0499. The number of benzene rings is 2. The van der Waals surface area contributed by atoms with Crippen LogP contribution in [0.5, 0.6) is 5.75 Å². The molecule has 6 nitrogen and oxygen atoms in total. The Morgan fingerprint density at radius 1 is 0.893 bits per heavy atom. The summed E-state index contributed by atoms with van der Waals surface area (Å²) >= 11 is 0. The molecule has 0 bridgehead atoms. The first kappa shape index (κ1) is 21.3. The molecular weight excluding hydrogens is 352 g/mol. The number of amides is 1. The van der Waals surface area contributed by atoms with Gasteiger partial charge >= 0.3 is 0 Å². The summed E-state index contributed by atoms with van der Waals surface area (Å²) in [6, 6.07) is 15.6. The van der Waals surface area contributed by atoms with Gasteiger partial charge in [-0.25, -0.2) is 4.99 Å². The van der Waals surface area contributed by atoms with Gasteiger partial charge in [0.2, 0.25) is 0 Å². The topological polar surface area (TPSA) is 74.8 Å². The van der Waals surface area contributed by atoms with Crippen molar-refractivity contribution in [1.29, 1.82) is 0 Å². The number of carbonyl (C=O) groups is 1. The van der Waals surface area contributed by atoms with Crippen LogP contribution in [-0.2, 0) is 13.0 Å². The first-order valence-electron chi connectivity index (χ1n) is 9.68. The third kappa shape index (κ3) is 6.95. The highest BCUT2D eigenvalue weighted by Gasteiger charge is 2.04. The molecule has 0 radical (unpaired) electrons. The van der Waals surface area contributed by atoms with Crippen molar-refractivity contribution in [2.75, 3.05) is 26.7 Å². The van der Waals surface area contributed by atoms with Crippen molar-refractivity contribution in [3.8, 4) is 5.75 Å². The average molecular weight is 383 g/mol. The summed E-state index contributed by atoms with van der Waals surface area (Å²) in [4.78, 5) is 16.4. The molecule has 0 aliphatic carbocycles. The Hall–Kier alpha value is -3.02. The predicted octanol–water partition coefficient (Wildman–Crippen LogP) is 2.74. The van der Waals surface area contributed by atoms with Crippen molar-refractivity contribution >= 4 is 11.9 Å². The van der Waals surface area contributed by atoms with Gasteiger partial charge in [-0.3, -0.25) is 4.79 Å². The van der Waals surface area contributed by atoms with E-state index >= 15 is 0 Å². The molecule has 0 spiro atoms. The third-order valence-electron chi connectivity index (χ3n) is 4.18. The Kier molecular flexibility index (Phi) is 8.85. The highest BCUT2D eigenvalue weighted by molar-refractivity contribution is 5.94. The molecule has 0 unspecified atom stereocenters. The van der Waals surface area contributed by atoms with Gasteiger partial charge < -0.3 is 20.7 Å². The molecule has 0 aliphatic rings. The van der Waals surface area contributed by atoms with Gasteiger partial charge in [0.15, 0.2) is 5.96 Å². The van der Waals surface area contributed by atoms with E-state index in [4.69, 9.17) is 4.74 Å². The van der Waals surface area contributed by atoms with Gasteiger partial charge in [0.25, 0.3) is 5.91 Å². The van der Waals surface area contributed by atoms with Crippen molar-refractivity contribution in [2.45, 2.75) is 26.8 Å². The van der Waals surface area contributed by atoms with Crippen LogP contribution >= 0.6 is 0 Å². The van der Waals surface area contributed by atoms with Crippen LogP contribution in [0.25, 0.3) is 0 Å². The Labute approximate surface area is 167 Å². The lowest BCUT2D eigenvalue weighted by Crippen LogP contribution is -2.38. The predicted molar refractivity (Wildman–Crippen MR) is 114 cm³/mol. The van der Waals surface area contributed by atoms with Crippen LogP contribution in [0.4, 0.5) is 0 Å². The van der Waals surface area contributed by atoms with Gasteiger partial charge in [-0.05, 0) is 55.7 Å². The van der Waals surface area contributed by atoms with Crippen LogP contribution in [0.15, 0.2) is 53.5 Å². The number of carbonyl (C=O) groups excluding carboxylic acids is 1. The third-order valence-corrected chi connectivity index (χ3v) is 4.18. The molecule has 0 aromatic heterocycles. The lowest BCUT2D eigenvalue weighted by atomic mass is 10.1. The summed E-state index contributed by atoms with van der Waals surface area (Å²) in [7, 11) is 1.67. The molecule has 2 aromatic carbocycles. The summed E-state index contributed by atoms with van der Waals surface area (Å²) in [5.74, 6) is 1.60. The molecular formula is C22H30N4O2. The van der Waals surface area contributed by atoms with E-state index in [1.165, 1.54) is 5.56 Å². The maximum atomic E-state index is 11.8. The second-order valence-electron chi connectivity index (χ2n) is 6.28. The largest absolute Gasteiger partial charge is 0.497 e. The second-order valence-corrected chi connectivity index (χ2v) is 6.28. The average Bonchev–Trinajstić information content (AvgIpc) is 2.73. The van der Waals surface area contributed by atoms with E-state index < -0.39 is 0 Å². The first-order valence-corrected chi connectivity index (χ1v) is 9.68. The van der Waals surface area contributed by atoms with Gasteiger partial charge in [0.05, 0.1) is 13.7 Å². The fraction of sp³-hybridized carbons (Fsp3) is 0.364. The number of methoxy groups -OCH3 is 1. The summed E-state index contributed by atoms with van der Waals surface area (Å²) in [6.07, 6.45) is 0.898. The summed E-state index contributed by atoms with van der Waals surface area (Å²) in [5.41, 5.74) is 2.96. The van der Waals surface area contributed by atoms with E-state index in [1.54, 1.807) is 7.11 Å². The van der Waals surface area contributed by atoms with Crippen LogP contribution in [-0.4, -0.2) is 38.6 Å². The number of aliphatic imine (C=N–C) groups is 1. The minimum Gasteiger partial charge on any atom is -0.497 e. The zero-order valence-electron chi connectivity index (χ0n) is 16.9. The smallest absolute Gasteiger partial charge is 0.251 e. The molecule has 28 heavy (non-hydrogen) atoms. The molecule has 0 aliphatic heterocycles. The molecule has 0 heterocycles. The number of rotatable bonds is 9. The van der Waals surface area contributed by atoms with E-state index in [9.17, 15) is 4.79 Å². The molecule has 0 saturated carbocycles. The quantitative estimate of drug-likeness (QED) is 0.460. The van der Waals surface area contributed by atoms with Gasteiger partial charge in [0.1, 0.15) is 5.75 Å². The number of guanidine groups is 1. The lowest BCUT2D eigenvalue weighted by molar-refractivity contribution is 0.0956. The Bertz CT molecular complexity index is 755. The summed E-state index contributed by atoms with van der Waals surface area (Å²) in [6.45, 7) is 6.71. The van der Waals surface area contributed by atoms with Crippen LogP contribution in [0.2, 0.25) is 0 Å². The molecule has 150 valence electrons. The van der Waals surface area contributed by atoms with Crippen molar-refractivity contribution in [3.05, 3.63) is 65.2 Å². The minimum atomic E-state index is -0.0499. The standard InChI is InChI=1S/C22H30N4O2/c1-4-23-21(27)19-10-6-18(7-11-19)16-26-22(24-5-2)25-15-14-17-8-12-20(28-3)13-9-17/h6-13H,4-5,14-16H2,1-3H3,(H,23,27)(H2,24,25,26). The molecule has 0 atom stereocenters. The van der Waals surface area contributed by atoms with Crippen LogP contribution in [0.3, 0.4) is 0 Å². The monoisotopic (exact) mass is 382 g/mol. The van der Waals surface area contributed by atoms with Gasteiger partial charge in [-0.15, -0.1) is 0 Å². The Morgan fingerprint density at radius 2 is 1.54 bits per heavy atom. The van der Waals surface area contributed by atoms with E-state index in [-0.39, 0.29) is 5.91 Å². The number of ether oxygens (including phenoxy) is 1. The maximum absolute atomic E-state index is 11.8. The maximum Gasteiger partial charge on any atom is 0.251 e. The van der Waals surface area contributed by atoms with Crippen molar-refractivity contribution in [1.82, 2.24) is 16.0 Å². The van der Waals surface area contributed by atoms with Crippen molar-refractivity contribution in [3.63, 3.8) is 0 Å². The first-order chi connectivity index (χ1) is 13.7. The normalized spacial score (nSPS) is 11.0. The SMILES string of the molecule is CCNC(=O)c1ccc(CN=C(NCC)NCCc2ccc(OC)cc2)cc1. The zero-order valence-corrected chi connectivity index (χ0v) is 16.9. The molecule has 0 saturated heterocycles. The summed E-state index contributed by atoms with van der Waals surface area (Å²) < 4.78 is 5.18. The number of hydrogen-bond acceptors (Lipinski definition) is 3. The van der Waals surface area contributed by atoms with E-state index in [0.29, 0.717) is 18.7 Å². The molecule has 6 heteroatoms. The van der Waals surface area contributed by atoms with Crippen molar-refractivity contribution < 1.29 is 9.53 Å². The molecule has 3 N–H and O–H groups in total. The highest BCUT2D eigenvalue weighted by atomic mass is 16.5. The molecule has 0 fully saturated rings. The molecule has 1 amide bonds. The van der Waals surface area contributed by atoms with Crippen molar-refractivity contribution in [2.24, 2.45) is 4.99 Å².